The van der Waals surface area contributed by atoms with Crippen molar-refractivity contribution in [2.75, 3.05) is 32.2 Å². The maximum Gasteiger partial charge on any atom is 0.266 e. The number of likely N-dealkylation sites (N-methyl/N-ethyl adjacent to an activating group) is 1. The number of fused-ring (bicyclic) bond motifs is 1. The third-order valence-corrected chi connectivity index (χ3v) is 7.22. The molecule has 1 fully saturated rings. The number of rotatable bonds is 6. The number of amides is 1. The molecule has 0 bridgehead atoms. The molecule has 2 aromatic rings. The van der Waals surface area contributed by atoms with Gasteiger partial charge in [0.15, 0.2) is 5.17 Å². The second-order valence-electron chi connectivity index (χ2n) is 7.00. The minimum Gasteiger partial charge on any atom is -0.497 e. The highest BCUT2D eigenvalue weighted by molar-refractivity contribution is 8.18. The van der Waals surface area contributed by atoms with Gasteiger partial charge in [0.2, 0.25) is 0 Å². The van der Waals surface area contributed by atoms with Gasteiger partial charge in [-0.25, -0.2) is 4.99 Å². The molecule has 1 amide bonds. The van der Waals surface area contributed by atoms with Gasteiger partial charge in [-0.3, -0.25) is 9.69 Å². The van der Waals surface area contributed by atoms with Crippen molar-refractivity contribution in [1.82, 2.24) is 4.90 Å². The largest absolute Gasteiger partial charge is 0.497 e. The fraction of sp³-hybridized carbons (Fsp3) is 0.250. The van der Waals surface area contributed by atoms with Crippen LogP contribution in [0.5, 0.6) is 11.5 Å². The van der Waals surface area contributed by atoms with E-state index in [-0.39, 0.29) is 5.91 Å². The van der Waals surface area contributed by atoms with Crippen molar-refractivity contribution in [1.29, 1.82) is 0 Å². The summed E-state index contributed by atoms with van der Waals surface area (Å²) in [6, 6.07) is 13.6. The monoisotopic (exact) mass is 467 g/mol. The van der Waals surface area contributed by atoms with E-state index >= 15 is 0 Å². The number of carbonyl (C=O) groups is 1. The van der Waals surface area contributed by atoms with Crippen LogP contribution in [0.4, 0.5) is 11.4 Å². The highest BCUT2D eigenvalue weighted by atomic mass is 32.2. The Morgan fingerprint density at radius 2 is 1.78 bits per heavy atom. The first-order valence-electron chi connectivity index (χ1n) is 10.4. The minimum atomic E-state index is -0.0246. The lowest BCUT2D eigenvalue weighted by molar-refractivity contribution is -0.122. The number of hydrogen-bond donors (Lipinski definition) is 0. The van der Waals surface area contributed by atoms with Crippen molar-refractivity contribution in [3.63, 3.8) is 0 Å². The fourth-order valence-electron chi connectivity index (χ4n) is 3.35. The van der Waals surface area contributed by atoms with Gasteiger partial charge >= 0.3 is 0 Å². The molecule has 0 radical (unpaired) electrons. The molecular formula is C24H25N3O3S2. The molecule has 0 unspecified atom stereocenters. The number of ether oxygens (including phenoxy) is 2. The molecule has 6 nitrogen and oxygen atoms in total. The quantitative estimate of drug-likeness (QED) is 0.512. The Kier molecular flexibility index (Phi) is 6.81. The van der Waals surface area contributed by atoms with Crippen LogP contribution in [0, 0.1) is 0 Å². The number of nitrogens with zero attached hydrogens (tertiary/aromatic N) is 3. The molecular weight excluding hydrogens is 442 g/mol. The van der Waals surface area contributed by atoms with Crippen LogP contribution in [0.15, 0.2) is 74.4 Å². The summed E-state index contributed by atoms with van der Waals surface area (Å²) < 4.78 is 10.8. The second kappa shape index (κ2) is 9.75. The van der Waals surface area contributed by atoms with E-state index < -0.39 is 0 Å². The predicted octanol–water partition coefficient (Wildman–Crippen LogP) is 5.64. The molecule has 0 spiro atoms. The summed E-state index contributed by atoms with van der Waals surface area (Å²) in [6.45, 7) is 5.14. The van der Waals surface area contributed by atoms with Crippen LogP contribution in [0.2, 0.25) is 0 Å². The summed E-state index contributed by atoms with van der Waals surface area (Å²) in [4.78, 5) is 23.2. The Labute approximate surface area is 197 Å². The van der Waals surface area contributed by atoms with Crippen LogP contribution in [-0.4, -0.2) is 43.3 Å². The topological polar surface area (TPSA) is 54.4 Å². The van der Waals surface area contributed by atoms with E-state index in [1.54, 1.807) is 23.8 Å². The normalized spacial score (nSPS) is 19.4. The Bertz CT molecular complexity index is 1110. The van der Waals surface area contributed by atoms with E-state index in [4.69, 9.17) is 9.47 Å². The van der Waals surface area contributed by atoms with Crippen LogP contribution < -0.4 is 14.4 Å². The lowest BCUT2D eigenvalue weighted by Gasteiger charge is -2.13. The summed E-state index contributed by atoms with van der Waals surface area (Å²) in [5.74, 6) is 1.62. The van der Waals surface area contributed by atoms with Gasteiger partial charge in [0.05, 0.1) is 35.0 Å². The summed E-state index contributed by atoms with van der Waals surface area (Å²) in [6.07, 6.45) is 3.88. The highest BCUT2D eigenvalue weighted by Crippen LogP contribution is 2.46. The third kappa shape index (κ3) is 4.52. The zero-order chi connectivity index (χ0) is 22.7. The van der Waals surface area contributed by atoms with Crippen molar-refractivity contribution in [2.45, 2.75) is 18.7 Å². The predicted molar refractivity (Wildman–Crippen MR) is 133 cm³/mol. The standard InChI is InChI=1S/C24H25N3O3S2/c1-5-27-23(28)20(32-24(27)25-16-7-9-17(29-4)10-8-16)13-14-22-26(3)19-12-11-18(30-6-2)15-21(19)31-22/h7-15H,5-6H2,1-4H3/b20-13+,22-14-,25-24?. The molecule has 0 N–H and O–H groups in total. The molecule has 0 aliphatic carbocycles. The van der Waals surface area contributed by atoms with E-state index in [9.17, 15) is 4.79 Å². The molecule has 2 heterocycles. The van der Waals surface area contributed by atoms with Crippen molar-refractivity contribution < 1.29 is 14.3 Å². The van der Waals surface area contributed by atoms with E-state index in [1.165, 1.54) is 11.8 Å². The van der Waals surface area contributed by atoms with Crippen LogP contribution in [-0.2, 0) is 4.79 Å². The zero-order valence-electron chi connectivity index (χ0n) is 18.5. The molecule has 166 valence electrons. The van der Waals surface area contributed by atoms with Crippen molar-refractivity contribution in [2.24, 2.45) is 4.99 Å². The van der Waals surface area contributed by atoms with Gasteiger partial charge in [0.1, 0.15) is 11.5 Å². The molecule has 0 atom stereocenters. The SMILES string of the molecule is CCOc1ccc2c(c1)S/C(=C\C=C1\SC(=Nc3ccc(OC)cc3)N(CC)C1=O)N2C. The molecule has 2 aliphatic rings. The summed E-state index contributed by atoms with van der Waals surface area (Å²) >= 11 is 3.07. The molecule has 4 rings (SSSR count). The van der Waals surface area contributed by atoms with Gasteiger partial charge in [-0.1, -0.05) is 11.8 Å². The Morgan fingerprint density at radius 3 is 2.47 bits per heavy atom. The first-order chi connectivity index (χ1) is 15.5. The number of aliphatic imine (C=N–C) groups is 1. The summed E-state index contributed by atoms with van der Waals surface area (Å²) in [7, 11) is 3.66. The number of anilines is 1. The number of allylic oxidation sites excluding steroid dienone is 2. The van der Waals surface area contributed by atoms with Crippen molar-refractivity contribution in [3.05, 3.63) is 64.6 Å². The number of methoxy groups -OCH3 is 1. The van der Waals surface area contributed by atoms with Gasteiger partial charge < -0.3 is 14.4 Å². The molecule has 2 aromatic carbocycles. The minimum absolute atomic E-state index is 0.0246. The lowest BCUT2D eigenvalue weighted by Crippen LogP contribution is -2.28. The Morgan fingerprint density at radius 1 is 1.03 bits per heavy atom. The van der Waals surface area contributed by atoms with Gasteiger partial charge in [0, 0.05) is 18.5 Å². The van der Waals surface area contributed by atoms with Gasteiger partial charge in [-0.05, 0) is 80.2 Å². The second-order valence-corrected chi connectivity index (χ2v) is 9.07. The fourth-order valence-corrected chi connectivity index (χ4v) is 5.44. The van der Waals surface area contributed by atoms with E-state index in [0.717, 1.165) is 32.8 Å². The van der Waals surface area contributed by atoms with Gasteiger partial charge in [0.25, 0.3) is 5.91 Å². The maximum atomic E-state index is 12.9. The zero-order valence-corrected chi connectivity index (χ0v) is 20.1. The van der Waals surface area contributed by atoms with Crippen LogP contribution in [0.3, 0.4) is 0 Å². The van der Waals surface area contributed by atoms with Crippen LogP contribution >= 0.6 is 23.5 Å². The Balaban J connectivity index is 1.55. The smallest absolute Gasteiger partial charge is 0.266 e. The average molecular weight is 468 g/mol. The number of carbonyl (C=O) groups excluding carboxylic acids is 1. The number of amidine groups is 1. The molecule has 32 heavy (non-hydrogen) atoms. The van der Waals surface area contributed by atoms with Crippen LogP contribution in [0.25, 0.3) is 0 Å². The van der Waals surface area contributed by atoms with E-state index in [0.29, 0.717) is 23.2 Å². The van der Waals surface area contributed by atoms with Gasteiger partial charge in [-0.2, -0.15) is 0 Å². The van der Waals surface area contributed by atoms with Crippen LogP contribution in [0.1, 0.15) is 13.8 Å². The molecule has 2 aliphatic heterocycles. The highest BCUT2D eigenvalue weighted by Gasteiger charge is 2.32. The average Bonchev–Trinajstić information content (AvgIpc) is 3.28. The lowest BCUT2D eigenvalue weighted by atomic mass is 10.3. The molecule has 8 heteroatoms. The summed E-state index contributed by atoms with van der Waals surface area (Å²) in [5.41, 5.74) is 1.91. The van der Waals surface area contributed by atoms with Gasteiger partial charge in [-0.15, -0.1) is 0 Å². The Hall–Kier alpha value is -2.84. The molecule has 1 saturated heterocycles. The number of thioether (sulfide) groups is 2. The summed E-state index contributed by atoms with van der Waals surface area (Å²) in [5, 5.41) is 1.74. The first kappa shape index (κ1) is 22.4. The third-order valence-electron chi connectivity index (χ3n) is 5.03. The first-order valence-corrected chi connectivity index (χ1v) is 12.0. The van der Waals surface area contributed by atoms with E-state index in [1.807, 2.05) is 63.4 Å². The molecule has 0 aromatic heterocycles. The van der Waals surface area contributed by atoms with Crippen molar-refractivity contribution >= 4 is 46.0 Å². The maximum absolute atomic E-state index is 12.9. The van der Waals surface area contributed by atoms with Crippen molar-refractivity contribution in [3.8, 4) is 11.5 Å². The number of benzene rings is 2. The van der Waals surface area contributed by atoms with E-state index in [2.05, 4.69) is 22.0 Å². The molecule has 0 saturated carbocycles. The number of hydrogen-bond acceptors (Lipinski definition) is 7.